The van der Waals surface area contributed by atoms with Crippen LogP contribution in [-0.4, -0.2) is 28.8 Å². The van der Waals surface area contributed by atoms with Gasteiger partial charge in [0.05, 0.1) is 21.5 Å². The van der Waals surface area contributed by atoms with Crippen molar-refractivity contribution >= 4 is 17.3 Å². The Morgan fingerprint density at radius 3 is 2.25 bits per heavy atom. The lowest BCUT2D eigenvalue weighted by Gasteiger charge is -2.03. The highest BCUT2D eigenvalue weighted by Crippen LogP contribution is 2.22. The predicted octanol–water partition coefficient (Wildman–Crippen LogP) is 1.54. The minimum Gasteiger partial charge on any atom is -0.352 e. The number of carbonyl (C=O) groups is 1. The lowest BCUT2D eigenvalue weighted by atomic mass is 10.1. The van der Waals surface area contributed by atoms with Crippen molar-refractivity contribution in [2.75, 3.05) is 13.1 Å². The molecule has 1 amide bonds. The third-order valence-electron chi connectivity index (χ3n) is 2.15. The molecular weight excluding hydrogens is 272 g/mol. The first-order chi connectivity index (χ1) is 9.45. The van der Waals surface area contributed by atoms with Crippen LogP contribution < -0.4 is 5.32 Å². The molecule has 11 heteroatoms. The summed E-state index contributed by atoms with van der Waals surface area (Å²) in [5.74, 6) is -0.732. The average Bonchev–Trinajstić information content (AvgIpc) is 2.42. The van der Waals surface area contributed by atoms with E-state index in [1.165, 1.54) is 0 Å². The third kappa shape index (κ3) is 3.92. The van der Waals surface area contributed by atoms with Gasteiger partial charge >= 0.3 is 0 Å². The molecule has 0 spiro atoms. The van der Waals surface area contributed by atoms with Crippen LogP contribution in [0.4, 0.5) is 11.4 Å². The number of carbonyl (C=O) groups excluding carboxylic acids is 1. The van der Waals surface area contributed by atoms with Gasteiger partial charge in [-0.3, -0.25) is 25.0 Å². The highest BCUT2D eigenvalue weighted by molar-refractivity contribution is 5.95. The van der Waals surface area contributed by atoms with Gasteiger partial charge in [0.2, 0.25) is 0 Å². The van der Waals surface area contributed by atoms with Crippen LogP contribution in [0.5, 0.6) is 0 Å². The molecular formula is C9H8N6O5. The predicted molar refractivity (Wildman–Crippen MR) is 66.1 cm³/mol. The molecule has 1 rings (SSSR count). The SMILES string of the molecule is [N-]=[N+]=NCCNC(=O)c1cc([N+](=O)[O-])cc([N+](=O)[O-])c1. The highest BCUT2D eigenvalue weighted by Gasteiger charge is 2.19. The standard InChI is InChI=1S/C9H8N6O5/c10-13-12-2-1-11-9(16)6-3-7(14(17)18)5-8(4-6)15(19)20/h3-5H,1-2H2,(H,11,16). The molecule has 0 radical (unpaired) electrons. The first-order valence-electron chi connectivity index (χ1n) is 5.18. The number of nitro groups is 2. The maximum absolute atomic E-state index is 11.7. The second-order valence-corrected chi connectivity index (χ2v) is 3.46. The van der Waals surface area contributed by atoms with Gasteiger partial charge in [-0.25, -0.2) is 0 Å². The van der Waals surface area contributed by atoms with E-state index in [1.807, 2.05) is 0 Å². The van der Waals surface area contributed by atoms with E-state index in [0.29, 0.717) is 0 Å². The van der Waals surface area contributed by atoms with Crippen LogP contribution in [0.1, 0.15) is 10.4 Å². The Kier molecular flexibility index (Phi) is 4.95. The van der Waals surface area contributed by atoms with Gasteiger partial charge in [-0.15, -0.1) is 0 Å². The van der Waals surface area contributed by atoms with E-state index >= 15 is 0 Å². The van der Waals surface area contributed by atoms with Gasteiger partial charge in [0.25, 0.3) is 17.3 Å². The minimum absolute atomic E-state index is 0.000734. The summed E-state index contributed by atoms with van der Waals surface area (Å²) in [4.78, 5) is 33.8. The number of amides is 1. The zero-order chi connectivity index (χ0) is 15.1. The number of hydrogen-bond donors (Lipinski definition) is 1. The molecule has 0 bridgehead atoms. The third-order valence-corrected chi connectivity index (χ3v) is 2.15. The van der Waals surface area contributed by atoms with Crippen molar-refractivity contribution in [2.24, 2.45) is 5.11 Å². The molecule has 1 aromatic carbocycles. The lowest BCUT2D eigenvalue weighted by Crippen LogP contribution is -2.26. The number of nitrogens with one attached hydrogen (secondary N) is 1. The Morgan fingerprint density at radius 2 is 1.80 bits per heavy atom. The van der Waals surface area contributed by atoms with Crippen molar-refractivity contribution in [2.45, 2.75) is 0 Å². The summed E-state index contributed by atoms with van der Waals surface area (Å²) in [6, 6.07) is 2.61. The Bertz CT molecular complexity index is 577. The van der Waals surface area contributed by atoms with Gasteiger partial charge in [0.1, 0.15) is 0 Å². The fourth-order valence-electron chi connectivity index (χ4n) is 1.30. The van der Waals surface area contributed by atoms with Gasteiger partial charge < -0.3 is 5.32 Å². The Hall–Kier alpha value is -3.20. The van der Waals surface area contributed by atoms with Gasteiger partial charge in [-0.2, -0.15) is 0 Å². The van der Waals surface area contributed by atoms with Gasteiger partial charge in [0, 0.05) is 30.1 Å². The normalized spacial score (nSPS) is 9.40. The van der Waals surface area contributed by atoms with Crippen LogP contribution in [0.3, 0.4) is 0 Å². The van der Waals surface area contributed by atoms with Crippen LogP contribution in [0.2, 0.25) is 0 Å². The number of benzene rings is 1. The van der Waals surface area contributed by atoms with Gasteiger partial charge in [-0.1, -0.05) is 5.11 Å². The Labute approximate surface area is 111 Å². The van der Waals surface area contributed by atoms with Gasteiger partial charge in [-0.05, 0) is 5.53 Å². The fourth-order valence-corrected chi connectivity index (χ4v) is 1.30. The smallest absolute Gasteiger partial charge is 0.277 e. The van der Waals surface area contributed by atoms with Crippen LogP contribution >= 0.6 is 0 Å². The number of nitrogens with zero attached hydrogens (tertiary/aromatic N) is 5. The molecule has 0 atom stereocenters. The first kappa shape index (κ1) is 14.9. The molecule has 1 aromatic rings. The van der Waals surface area contributed by atoms with Crippen molar-refractivity contribution in [1.29, 1.82) is 0 Å². The second-order valence-electron chi connectivity index (χ2n) is 3.46. The van der Waals surface area contributed by atoms with Crippen molar-refractivity contribution in [3.8, 4) is 0 Å². The molecule has 0 unspecified atom stereocenters. The summed E-state index contributed by atoms with van der Waals surface area (Å²) in [5, 5.41) is 26.8. The summed E-state index contributed by atoms with van der Waals surface area (Å²) in [6.07, 6.45) is 0. The van der Waals surface area contributed by atoms with E-state index in [4.69, 9.17) is 5.53 Å². The van der Waals surface area contributed by atoms with E-state index in [1.54, 1.807) is 0 Å². The van der Waals surface area contributed by atoms with Gasteiger partial charge in [0.15, 0.2) is 0 Å². The van der Waals surface area contributed by atoms with E-state index < -0.39 is 27.1 Å². The molecule has 0 aliphatic rings. The zero-order valence-corrected chi connectivity index (χ0v) is 9.92. The van der Waals surface area contributed by atoms with Crippen LogP contribution in [0.25, 0.3) is 10.4 Å². The molecule has 1 N–H and O–H groups in total. The molecule has 0 saturated carbocycles. The largest absolute Gasteiger partial charge is 0.352 e. The lowest BCUT2D eigenvalue weighted by molar-refractivity contribution is -0.394. The summed E-state index contributed by atoms with van der Waals surface area (Å²) in [6.45, 7) is 0.0125. The quantitative estimate of drug-likeness (QED) is 0.208. The maximum atomic E-state index is 11.7. The molecule has 0 aliphatic heterocycles. The van der Waals surface area contributed by atoms with E-state index in [0.717, 1.165) is 18.2 Å². The Balaban J connectivity index is 2.98. The summed E-state index contributed by atoms with van der Waals surface area (Å²) >= 11 is 0. The van der Waals surface area contributed by atoms with Crippen molar-refractivity contribution in [1.82, 2.24) is 5.32 Å². The molecule has 0 aromatic heterocycles. The molecule has 0 saturated heterocycles. The molecule has 0 aliphatic carbocycles. The van der Waals surface area contributed by atoms with Crippen LogP contribution in [0, 0.1) is 20.2 Å². The molecule has 20 heavy (non-hydrogen) atoms. The molecule has 11 nitrogen and oxygen atoms in total. The Morgan fingerprint density at radius 1 is 1.25 bits per heavy atom. The number of rotatable bonds is 6. The highest BCUT2D eigenvalue weighted by atomic mass is 16.6. The minimum atomic E-state index is -0.830. The van der Waals surface area contributed by atoms with Crippen LogP contribution in [0.15, 0.2) is 23.3 Å². The number of non-ortho nitro benzene ring substituents is 2. The molecule has 0 fully saturated rings. The summed E-state index contributed by atoms with van der Waals surface area (Å²) in [7, 11) is 0. The van der Waals surface area contributed by atoms with Crippen LogP contribution in [-0.2, 0) is 0 Å². The van der Waals surface area contributed by atoms with Crippen molar-refractivity contribution in [3.05, 3.63) is 54.4 Å². The number of nitro benzene ring substituents is 2. The van der Waals surface area contributed by atoms with E-state index in [2.05, 4.69) is 15.3 Å². The monoisotopic (exact) mass is 280 g/mol. The molecule has 104 valence electrons. The zero-order valence-electron chi connectivity index (χ0n) is 9.92. The topological polar surface area (TPSA) is 164 Å². The first-order valence-corrected chi connectivity index (χ1v) is 5.18. The number of hydrogen-bond acceptors (Lipinski definition) is 6. The second kappa shape index (κ2) is 6.66. The number of azide groups is 1. The molecule has 0 heterocycles. The van der Waals surface area contributed by atoms with E-state index in [-0.39, 0.29) is 18.7 Å². The summed E-state index contributed by atoms with van der Waals surface area (Å²) in [5.41, 5.74) is 6.71. The van der Waals surface area contributed by atoms with Crippen molar-refractivity contribution < 1.29 is 14.6 Å². The fraction of sp³-hybridized carbons (Fsp3) is 0.222. The maximum Gasteiger partial charge on any atom is 0.277 e. The summed E-state index contributed by atoms with van der Waals surface area (Å²) < 4.78 is 0. The van der Waals surface area contributed by atoms with E-state index in [9.17, 15) is 25.0 Å². The average molecular weight is 280 g/mol. The van der Waals surface area contributed by atoms with Crippen molar-refractivity contribution in [3.63, 3.8) is 0 Å².